The zero-order valence-electron chi connectivity index (χ0n) is 11.0. The monoisotopic (exact) mass is 273 g/mol. The summed E-state index contributed by atoms with van der Waals surface area (Å²) in [6, 6.07) is 12.1. The average molecular weight is 274 g/mol. The molecule has 98 valence electrons. The van der Waals surface area contributed by atoms with Gasteiger partial charge in [0.1, 0.15) is 6.17 Å². The normalized spacial score (nSPS) is 18.3. The third-order valence-corrected chi connectivity index (χ3v) is 3.65. The van der Waals surface area contributed by atoms with E-state index < -0.39 is 0 Å². The first-order valence-electron chi connectivity index (χ1n) is 6.29. The van der Waals surface area contributed by atoms with Gasteiger partial charge >= 0.3 is 0 Å². The Labute approximate surface area is 118 Å². The highest BCUT2D eigenvalue weighted by Gasteiger charge is 2.19. The first-order valence-corrected chi connectivity index (χ1v) is 6.67. The van der Waals surface area contributed by atoms with Crippen molar-refractivity contribution in [2.75, 3.05) is 5.01 Å². The van der Waals surface area contributed by atoms with E-state index in [1.54, 1.807) is 0 Å². The van der Waals surface area contributed by atoms with Crippen LogP contribution in [0.1, 0.15) is 17.6 Å². The van der Waals surface area contributed by atoms with E-state index in [1.807, 2.05) is 35.5 Å². The second-order valence-corrected chi connectivity index (χ2v) is 5.18. The minimum Gasteiger partial charge on any atom is -0.328 e. The zero-order chi connectivity index (χ0) is 13.4. The fraction of sp³-hybridized carbons (Fsp3) is 0.200. The van der Waals surface area contributed by atoms with Crippen LogP contribution in [0.2, 0.25) is 5.02 Å². The molecule has 0 saturated carbocycles. The summed E-state index contributed by atoms with van der Waals surface area (Å²) < 4.78 is 2.27. The second kappa shape index (κ2) is 4.76. The minimum atomic E-state index is 0.158. The van der Waals surface area contributed by atoms with Crippen molar-refractivity contribution in [1.82, 2.24) is 9.99 Å². The molecular formula is C15H16ClN3. The van der Waals surface area contributed by atoms with E-state index in [-0.39, 0.29) is 6.17 Å². The van der Waals surface area contributed by atoms with Crippen molar-refractivity contribution in [3.63, 3.8) is 0 Å². The summed E-state index contributed by atoms with van der Waals surface area (Å²) in [6.45, 7) is 4.24. The Bertz CT molecular complexity index is 593. The molecule has 3 rings (SSSR count). The summed E-state index contributed by atoms with van der Waals surface area (Å²) in [5.41, 5.74) is 7.02. The number of hydrogen-bond acceptors (Lipinski definition) is 2. The number of aromatic nitrogens is 1. The summed E-state index contributed by atoms with van der Waals surface area (Å²) in [7, 11) is 0. The third kappa shape index (κ3) is 2.27. The molecule has 1 aliphatic rings. The molecule has 1 unspecified atom stereocenters. The Morgan fingerprint density at radius 2 is 1.63 bits per heavy atom. The van der Waals surface area contributed by atoms with E-state index in [1.165, 1.54) is 11.4 Å². The Kier molecular flexibility index (Phi) is 3.09. The number of hydrogen-bond donors (Lipinski definition) is 1. The predicted molar refractivity (Wildman–Crippen MR) is 79.1 cm³/mol. The van der Waals surface area contributed by atoms with Crippen LogP contribution in [0.4, 0.5) is 5.69 Å². The molecule has 1 aliphatic heterocycles. The van der Waals surface area contributed by atoms with Crippen LogP contribution in [-0.4, -0.2) is 4.57 Å². The molecule has 3 nitrogen and oxygen atoms in total. The number of benzene rings is 1. The number of halogens is 1. The number of aryl methyl sites for hydroxylation is 2. The molecular weight excluding hydrogens is 258 g/mol. The van der Waals surface area contributed by atoms with Crippen LogP contribution >= 0.6 is 11.6 Å². The van der Waals surface area contributed by atoms with E-state index in [2.05, 4.69) is 42.0 Å². The van der Waals surface area contributed by atoms with E-state index in [0.29, 0.717) is 0 Å². The first kappa shape index (κ1) is 12.3. The van der Waals surface area contributed by atoms with E-state index >= 15 is 0 Å². The smallest absolute Gasteiger partial charge is 0.122 e. The lowest BCUT2D eigenvalue weighted by Crippen LogP contribution is -2.34. The maximum atomic E-state index is 5.91. The van der Waals surface area contributed by atoms with Crippen LogP contribution < -0.4 is 10.4 Å². The van der Waals surface area contributed by atoms with Gasteiger partial charge in [-0.25, -0.2) is 5.43 Å². The highest BCUT2D eigenvalue weighted by atomic mass is 35.5. The maximum absolute atomic E-state index is 5.91. The molecule has 0 bridgehead atoms. The summed E-state index contributed by atoms with van der Waals surface area (Å²) >= 11 is 5.91. The van der Waals surface area contributed by atoms with Crippen molar-refractivity contribution < 1.29 is 0 Å². The largest absolute Gasteiger partial charge is 0.328 e. The van der Waals surface area contributed by atoms with Crippen molar-refractivity contribution in [3.05, 3.63) is 65.1 Å². The van der Waals surface area contributed by atoms with Crippen molar-refractivity contribution in [3.8, 4) is 0 Å². The van der Waals surface area contributed by atoms with Gasteiger partial charge in [-0.15, -0.1) is 0 Å². The Morgan fingerprint density at radius 1 is 1.00 bits per heavy atom. The molecule has 0 aliphatic carbocycles. The van der Waals surface area contributed by atoms with Gasteiger partial charge in [-0.05, 0) is 56.3 Å². The van der Waals surface area contributed by atoms with Gasteiger partial charge in [0, 0.05) is 22.6 Å². The van der Waals surface area contributed by atoms with Crippen molar-refractivity contribution in [2.24, 2.45) is 0 Å². The molecule has 4 heteroatoms. The zero-order valence-corrected chi connectivity index (χ0v) is 11.7. The first-order chi connectivity index (χ1) is 9.15. The van der Waals surface area contributed by atoms with Gasteiger partial charge in [0.05, 0.1) is 5.69 Å². The van der Waals surface area contributed by atoms with Crippen LogP contribution in [0.15, 0.2) is 48.7 Å². The Balaban J connectivity index is 1.82. The molecule has 0 fully saturated rings. The summed E-state index contributed by atoms with van der Waals surface area (Å²) in [6.07, 6.45) is 4.35. The molecule has 1 aromatic carbocycles. The Hall–Kier alpha value is -1.71. The number of rotatable bonds is 2. The van der Waals surface area contributed by atoms with Crippen molar-refractivity contribution >= 4 is 17.3 Å². The lowest BCUT2D eigenvalue weighted by atomic mass is 10.3. The van der Waals surface area contributed by atoms with Gasteiger partial charge in [0.15, 0.2) is 0 Å². The molecule has 0 amide bonds. The molecule has 0 radical (unpaired) electrons. The fourth-order valence-electron chi connectivity index (χ4n) is 2.42. The second-order valence-electron chi connectivity index (χ2n) is 4.75. The summed E-state index contributed by atoms with van der Waals surface area (Å²) in [5.74, 6) is 0. The van der Waals surface area contributed by atoms with Crippen LogP contribution in [0.5, 0.6) is 0 Å². The van der Waals surface area contributed by atoms with Crippen molar-refractivity contribution in [1.29, 1.82) is 0 Å². The summed E-state index contributed by atoms with van der Waals surface area (Å²) in [4.78, 5) is 0. The lowest BCUT2D eigenvalue weighted by Gasteiger charge is -2.22. The van der Waals surface area contributed by atoms with Gasteiger partial charge in [0.25, 0.3) is 0 Å². The molecule has 1 N–H and O–H groups in total. The van der Waals surface area contributed by atoms with E-state index in [0.717, 1.165) is 10.7 Å². The minimum absolute atomic E-state index is 0.158. The van der Waals surface area contributed by atoms with Gasteiger partial charge in [-0.2, -0.15) is 0 Å². The Morgan fingerprint density at radius 3 is 2.26 bits per heavy atom. The summed E-state index contributed by atoms with van der Waals surface area (Å²) in [5, 5.41) is 2.76. The van der Waals surface area contributed by atoms with Crippen molar-refractivity contribution in [2.45, 2.75) is 20.0 Å². The van der Waals surface area contributed by atoms with Crippen LogP contribution in [-0.2, 0) is 0 Å². The van der Waals surface area contributed by atoms with E-state index in [4.69, 9.17) is 11.6 Å². The third-order valence-electron chi connectivity index (χ3n) is 3.40. The van der Waals surface area contributed by atoms with Gasteiger partial charge in [-0.1, -0.05) is 11.6 Å². The predicted octanol–water partition coefficient (Wildman–Crippen LogP) is 3.80. The fourth-order valence-corrected chi connectivity index (χ4v) is 2.55. The molecule has 0 spiro atoms. The topological polar surface area (TPSA) is 20.2 Å². The number of nitrogens with one attached hydrogen (secondary N) is 1. The number of hydrazine groups is 1. The standard InChI is InChI=1S/C15H16ClN3/c1-11-3-4-12(2)19(11)15-9-10-18(17-15)14-7-5-13(16)6-8-14/h3-10,15,17H,1-2H3. The average Bonchev–Trinajstić information content (AvgIpc) is 2.98. The maximum Gasteiger partial charge on any atom is 0.122 e. The van der Waals surface area contributed by atoms with Gasteiger partial charge in [-0.3, -0.25) is 5.01 Å². The highest BCUT2D eigenvalue weighted by Crippen LogP contribution is 2.24. The molecule has 2 heterocycles. The van der Waals surface area contributed by atoms with Crippen LogP contribution in [0.25, 0.3) is 0 Å². The molecule has 2 aromatic rings. The molecule has 1 atom stereocenters. The quantitative estimate of drug-likeness (QED) is 0.898. The highest BCUT2D eigenvalue weighted by molar-refractivity contribution is 6.30. The molecule has 0 saturated heterocycles. The molecule has 1 aromatic heterocycles. The lowest BCUT2D eigenvalue weighted by molar-refractivity contribution is 0.498. The van der Waals surface area contributed by atoms with E-state index in [9.17, 15) is 0 Å². The SMILES string of the molecule is Cc1ccc(C)n1C1C=CN(c2ccc(Cl)cc2)N1. The van der Waals surface area contributed by atoms with Gasteiger partial charge in [0.2, 0.25) is 0 Å². The number of nitrogens with zero attached hydrogens (tertiary/aromatic N) is 2. The van der Waals surface area contributed by atoms with Crippen LogP contribution in [0.3, 0.4) is 0 Å². The molecule has 19 heavy (non-hydrogen) atoms. The van der Waals surface area contributed by atoms with Gasteiger partial charge < -0.3 is 4.57 Å². The van der Waals surface area contributed by atoms with Crippen LogP contribution in [0, 0.1) is 13.8 Å². The number of anilines is 1.